The zero-order valence-electron chi connectivity index (χ0n) is 11.9. The van der Waals surface area contributed by atoms with Gasteiger partial charge in [-0.25, -0.2) is 0 Å². The van der Waals surface area contributed by atoms with Crippen LogP contribution in [0.15, 0.2) is 42.5 Å². The van der Waals surface area contributed by atoms with E-state index in [9.17, 15) is 5.11 Å². The maximum absolute atomic E-state index is 9.65. The Morgan fingerprint density at radius 3 is 2.57 bits per heavy atom. The summed E-state index contributed by atoms with van der Waals surface area (Å²) in [6, 6.07) is 13.5. The Kier molecular flexibility index (Phi) is 5.62. The Bertz CT molecular complexity index is 584. The number of aryl methyl sites for hydroxylation is 1. The van der Waals surface area contributed by atoms with Crippen LogP contribution >= 0.6 is 11.6 Å². The molecule has 112 valence electrons. The van der Waals surface area contributed by atoms with Crippen LogP contribution in [0.3, 0.4) is 0 Å². The first kappa shape index (κ1) is 15.8. The van der Waals surface area contributed by atoms with E-state index in [1.807, 2.05) is 43.3 Å². The molecule has 2 aromatic rings. The van der Waals surface area contributed by atoms with Gasteiger partial charge >= 0.3 is 0 Å². The Morgan fingerprint density at radius 2 is 1.90 bits per heavy atom. The van der Waals surface area contributed by atoms with Gasteiger partial charge in [-0.05, 0) is 35.7 Å². The largest absolute Gasteiger partial charge is 0.488 e. The molecule has 0 saturated carbocycles. The standard InChI is InChI=1S/C17H19ClO3/c1-12-7-15(18)8-14(9-16(20)10-19)17(12)21-11-13-5-3-2-4-6-13/h2-8,16,19-20H,9-11H2,1H3/t16-/m0/s1. The van der Waals surface area contributed by atoms with Crippen molar-refractivity contribution >= 4 is 11.6 Å². The molecule has 2 rings (SSSR count). The Balaban J connectivity index is 2.20. The molecular weight excluding hydrogens is 288 g/mol. The number of rotatable bonds is 6. The molecule has 0 aromatic heterocycles. The molecule has 2 aromatic carbocycles. The number of aliphatic hydroxyl groups excluding tert-OH is 2. The van der Waals surface area contributed by atoms with E-state index >= 15 is 0 Å². The van der Waals surface area contributed by atoms with Gasteiger partial charge in [-0.2, -0.15) is 0 Å². The van der Waals surface area contributed by atoms with Crippen molar-refractivity contribution in [3.05, 3.63) is 64.2 Å². The molecule has 1 atom stereocenters. The molecule has 0 aliphatic heterocycles. The van der Waals surface area contributed by atoms with Gasteiger partial charge in [0.1, 0.15) is 12.4 Å². The van der Waals surface area contributed by atoms with Gasteiger partial charge in [0.05, 0.1) is 12.7 Å². The van der Waals surface area contributed by atoms with Crippen molar-refractivity contribution in [1.82, 2.24) is 0 Å². The quantitative estimate of drug-likeness (QED) is 0.862. The summed E-state index contributed by atoms with van der Waals surface area (Å²) in [6.45, 7) is 2.08. The van der Waals surface area contributed by atoms with Crippen molar-refractivity contribution in [2.24, 2.45) is 0 Å². The van der Waals surface area contributed by atoms with E-state index in [4.69, 9.17) is 21.4 Å². The lowest BCUT2D eigenvalue weighted by atomic mass is 10.0. The van der Waals surface area contributed by atoms with Crippen LogP contribution in [0.2, 0.25) is 5.02 Å². The van der Waals surface area contributed by atoms with Crippen molar-refractivity contribution in [3.8, 4) is 5.75 Å². The molecule has 0 bridgehead atoms. The van der Waals surface area contributed by atoms with Crippen molar-refractivity contribution in [3.63, 3.8) is 0 Å². The number of hydrogen-bond donors (Lipinski definition) is 2. The maximum atomic E-state index is 9.65. The molecule has 3 nitrogen and oxygen atoms in total. The van der Waals surface area contributed by atoms with Crippen LogP contribution < -0.4 is 4.74 Å². The molecule has 0 heterocycles. The molecule has 0 aliphatic rings. The fourth-order valence-corrected chi connectivity index (χ4v) is 2.50. The van der Waals surface area contributed by atoms with E-state index in [0.717, 1.165) is 22.4 Å². The van der Waals surface area contributed by atoms with Crippen LogP contribution in [0, 0.1) is 6.92 Å². The third-order valence-electron chi connectivity index (χ3n) is 3.21. The van der Waals surface area contributed by atoms with Crippen LogP contribution in [0.5, 0.6) is 5.75 Å². The molecule has 0 saturated heterocycles. The molecule has 2 N–H and O–H groups in total. The molecule has 0 spiro atoms. The SMILES string of the molecule is Cc1cc(Cl)cc(C[C@H](O)CO)c1OCc1ccccc1. The lowest BCUT2D eigenvalue weighted by molar-refractivity contribution is 0.0947. The summed E-state index contributed by atoms with van der Waals surface area (Å²) in [5.41, 5.74) is 2.79. The van der Waals surface area contributed by atoms with Crippen molar-refractivity contribution in [1.29, 1.82) is 0 Å². The van der Waals surface area contributed by atoms with E-state index in [0.29, 0.717) is 18.1 Å². The van der Waals surface area contributed by atoms with Gasteiger partial charge in [0, 0.05) is 11.4 Å². The Hall–Kier alpha value is -1.55. The minimum atomic E-state index is -0.818. The van der Waals surface area contributed by atoms with Crippen molar-refractivity contribution < 1.29 is 14.9 Å². The lowest BCUT2D eigenvalue weighted by Gasteiger charge is -2.16. The first-order valence-corrected chi connectivity index (χ1v) is 7.22. The summed E-state index contributed by atoms with van der Waals surface area (Å²) >= 11 is 6.07. The topological polar surface area (TPSA) is 49.7 Å². The average Bonchev–Trinajstić information content (AvgIpc) is 2.47. The molecule has 0 aliphatic carbocycles. The predicted octanol–water partition coefficient (Wildman–Crippen LogP) is 3.12. The molecular formula is C17H19ClO3. The highest BCUT2D eigenvalue weighted by atomic mass is 35.5. The first-order chi connectivity index (χ1) is 10.1. The Labute approximate surface area is 129 Å². The van der Waals surface area contributed by atoms with Gasteiger partial charge < -0.3 is 14.9 Å². The minimum Gasteiger partial charge on any atom is -0.488 e. The molecule has 0 fully saturated rings. The predicted molar refractivity (Wildman–Crippen MR) is 83.8 cm³/mol. The summed E-state index contributed by atoms with van der Waals surface area (Å²) in [6.07, 6.45) is -0.510. The molecule has 0 unspecified atom stereocenters. The Morgan fingerprint density at radius 1 is 1.19 bits per heavy atom. The molecule has 4 heteroatoms. The number of halogens is 1. The summed E-state index contributed by atoms with van der Waals surface area (Å²) in [5, 5.41) is 19.3. The van der Waals surface area contributed by atoms with Crippen molar-refractivity contribution in [2.75, 3.05) is 6.61 Å². The first-order valence-electron chi connectivity index (χ1n) is 6.85. The number of hydrogen-bond acceptors (Lipinski definition) is 3. The summed E-state index contributed by atoms with van der Waals surface area (Å²) < 4.78 is 5.90. The zero-order chi connectivity index (χ0) is 15.2. The second-order valence-electron chi connectivity index (χ2n) is 5.03. The van der Waals surface area contributed by atoms with Gasteiger partial charge in [0.15, 0.2) is 0 Å². The van der Waals surface area contributed by atoms with Crippen LogP contribution in [0.1, 0.15) is 16.7 Å². The van der Waals surface area contributed by atoms with Gasteiger partial charge in [-0.15, -0.1) is 0 Å². The van der Waals surface area contributed by atoms with Gasteiger partial charge in [-0.3, -0.25) is 0 Å². The second kappa shape index (κ2) is 7.46. The smallest absolute Gasteiger partial charge is 0.126 e. The maximum Gasteiger partial charge on any atom is 0.126 e. The van der Waals surface area contributed by atoms with E-state index in [2.05, 4.69) is 0 Å². The molecule has 0 amide bonds. The van der Waals surface area contributed by atoms with E-state index < -0.39 is 6.10 Å². The van der Waals surface area contributed by atoms with Crippen molar-refractivity contribution in [2.45, 2.75) is 26.1 Å². The fourth-order valence-electron chi connectivity index (χ4n) is 2.21. The number of ether oxygens (including phenoxy) is 1. The average molecular weight is 307 g/mol. The summed E-state index contributed by atoms with van der Waals surface area (Å²) in [5.74, 6) is 0.718. The van der Waals surface area contributed by atoms with Crippen LogP contribution in [0.25, 0.3) is 0 Å². The number of benzene rings is 2. The van der Waals surface area contributed by atoms with Gasteiger partial charge in [-0.1, -0.05) is 41.9 Å². The van der Waals surface area contributed by atoms with E-state index in [-0.39, 0.29) is 6.61 Å². The van der Waals surface area contributed by atoms with Gasteiger partial charge in [0.2, 0.25) is 0 Å². The molecule has 0 radical (unpaired) electrons. The van der Waals surface area contributed by atoms with E-state index in [1.165, 1.54) is 0 Å². The monoisotopic (exact) mass is 306 g/mol. The fraction of sp³-hybridized carbons (Fsp3) is 0.294. The summed E-state index contributed by atoms with van der Waals surface area (Å²) in [4.78, 5) is 0. The lowest BCUT2D eigenvalue weighted by Crippen LogP contribution is -2.16. The second-order valence-corrected chi connectivity index (χ2v) is 5.46. The highest BCUT2D eigenvalue weighted by Crippen LogP contribution is 2.29. The zero-order valence-corrected chi connectivity index (χ0v) is 12.7. The highest BCUT2D eigenvalue weighted by molar-refractivity contribution is 6.30. The third kappa shape index (κ3) is 4.46. The molecule has 21 heavy (non-hydrogen) atoms. The van der Waals surface area contributed by atoms with E-state index in [1.54, 1.807) is 6.07 Å². The number of aliphatic hydroxyl groups is 2. The normalized spacial score (nSPS) is 12.2. The van der Waals surface area contributed by atoms with Crippen LogP contribution in [0.4, 0.5) is 0 Å². The highest BCUT2D eigenvalue weighted by Gasteiger charge is 2.13. The minimum absolute atomic E-state index is 0.288. The van der Waals surface area contributed by atoms with Crippen LogP contribution in [-0.4, -0.2) is 22.9 Å². The summed E-state index contributed by atoms with van der Waals surface area (Å²) in [7, 11) is 0. The van der Waals surface area contributed by atoms with Gasteiger partial charge in [0.25, 0.3) is 0 Å². The third-order valence-corrected chi connectivity index (χ3v) is 3.43. The van der Waals surface area contributed by atoms with Crippen LogP contribution in [-0.2, 0) is 13.0 Å².